The number of pyridine rings is 1. The maximum absolute atomic E-state index is 6.04. The highest BCUT2D eigenvalue weighted by atomic mass is 16.5. The summed E-state index contributed by atoms with van der Waals surface area (Å²) in [7, 11) is 0. The van der Waals surface area contributed by atoms with Crippen LogP contribution in [0.5, 0.6) is 5.75 Å². The molecule has 1 saturated carbocycles. The molecule has 4 heterocycles. The van der Waals surface area contributed by atoms with Crippen LogP contribution in [0.1, 0.15) is 51.3 Å². The molecule has 3 fully saturated rings. The van der Waals surface area contributed by atoms with Gasteiger partial charge in [0.05, 0.1) is 42.8 Å². The normalized spacial score (nSPS) is 24.2. The number of nitrogens with two attached hydrogens (primary N) is 1. The van der Waals surface area contributed by atoms with Gasteiger partial charge in [0.25, 0.3) is 0 Å². The number of hydrogen-bond donors (Lipinski definition) is 1. The second kappa shape index (κ2) is 7.35. The first-order valence-corrected chi connectivity index (χ1v) is 11.7. The Morgan fingerprint density at radius 2 is 1.97 bits per heavy atom. The van der Waals surface area contributed by atoms with E-state index in [9.17, 15) is 0 Å². The average molecular weight is 422 g/mol. The van der Waals surface area contributed by atoms with E-state index in [1.807, 2.05) is 26.1 Å². The lowest BCUT2D eigenvalue weighted by Gasteiger charge is -2.35. The summed E-state index contributed by atoms with van der Waals surface area (Å²) in [4.78, 5) is 6.97. The minimum absolute atomic E-state index is 0.0489. The lowest BCUT2D eigenvalue weighted by atomic mass is 10.1. The summed E-state index contributed by atoms with van der Waals surface area (Å²) < 4.78 is 13.6. The fourth-order valence-electron chi connectivity index (χ4n) is 5.40. The molecule has 0 amide bonds. The van der Waals surface area contributed by atoms with Crippen LogP contribution in [0.4, 0.5) is 5.82 Å². The van der Waals surface area contributed by atoms with Crippen molar-refractivity contribution in [1.82, 2.24) is 19.7 Å². The van der Waals surface area contributed by atoms with Crippen molar-refractivity contribution in [2.24, 2.45) is 5.92 Å². The van der Waals surface area contributed by atoms with Gasteiger partial charge in [-0.05, 0) is 50.0 Å². The number of rotatable bonds is 6. The molecule has 4 aliphatic rings. The van der Waals surface area contributed by atoms with E-state index in [1.54, 1.807) is 5.57 Å². The van der Waals surface area contributed by atoms with Crippen molar-refractivity contribution < 1.29 is 9.47 Å². The maximum Gasteiger partial charge on any atom is 0.166 e. The lowest BCUT2D eigenvalue weighted by Crippen LogP contribution is -2.48. The van der Waals surface area contributed by atoms with E-state index in [2.05, 4.69) is 20.6 Å². The third-order valence-electron chi connectivity index (χ3n) is 7.18. The summed E-state index contributed by atoms with van der Waals surface area (Å²) in [5, 5.41) is 5.09. The Morgan fingerprint density at radius 1 is 1.16 bits per heavy atom. The van der Waals surface area contributed by atoms with Gasteiger partial charge in [0.15, 0.2) is 11.6 Å². The molecular formula is C24H31N5O2. The second-order valence-corrected chi connectivity index (χ2v) is 9.68. The molecule has 2 aliphatic carbocycles. The van der Waals surface area contributed by atoms with Crippen LogP contribution < -0.4 is 10.5 Å². The molecule has 1 atom stereocenters. The van der Waals surface area contributed by atoms with E-state index in [4.69, 9.17) is 20.3 Å². The fraction of sp³-hybridized carbons (Fsp3) is 0.583. The van der Waals surface area contributed by atoms with Gasteiger partial charge >= 0.3 is 0 Å². The van der Waals surface area contributed by atoms with Crippen molar-refractivity contribution in [3.63, 3.8) is 0 Å². The summed E-state index contributed by atoms with van der Waals surface area (Å²) in [5.41, 5.74) is 12.4. The van der Waals surface area contributed by atoms with Gasteiger partial charge < -0.3 is 15.2 Å². The van der Waals surface area contributed by atoms with Gasteiger partial charge in [-0.3, -0.25) is 9.58 Å². The summed E-state index contributed by atoms with van der Waals surface area (Å²) in [6.07, 6.45) is 6.88. The van der Waals surface area contributed by atoms with E-state index in [1.165, 1.54) is 37.0 Å². The molecule has 0 radical (unpaired) electrons. The molecule has 7 nitrogen and oxygen atoms in total. The molecule has 6 rings (SSSR count). The van der Waals surface area contributed by atoms with Gasteiger partial charge in [0.1, 0.15) is 0 Å². The SMILES string of the molecule is CC(C)Oc1cc(-c2cc(C3=C4CN(C5COC5)C[C@H]43)n(C3CCCC3)n2)cnc1N. The minimum atomic E-state index is 0.0489. The Hall–Kier alpha value is -2.38. The number of aromatic nitrogens is 3. The van der Waals surface area contributed by atoms with E-state index in [0.717, 1.165) is 37.6 Å². The monoisotopic (exact) mass is 421 g/mol. The molecule has 2 aromatic rings. The van der Waals surface area contributed by atoms with E-state index in [0.29, 0.717) is 29.6 Å². The van der Waals surface area contributed by atoms with Crippen LogP contribution in [0, 0.1) is 5.92 Å². The zero-order chi connectivity index (χ0) is 21.1. The van der Waals surface area contributed by atoms with Crippen LogP contribution in [0.3, 0.4) is 0 Å². The number of anilines is 1. The molecule has 31 heavy (non-hydrogen) atoms. The lowest BCUT2D eigenvalue weighted by molar-refractivity contribution is -0.0572. The van der Waals surface area contributed by atoms with Gasteiger partial charge in [-0.1, -0.05) is 12.8 Å². The number of likely N-dealkylation sites (tertiary alicyclic amines) is 1. The Bertz CT molecular complexity index is 1030. The molecule has 2 N–H and O–H groups in total. The van der Waals surface area contributed by atoms with Crippen LogP contribution in [0.15, 0.2) is 23.9 Å². The first-order chi connectivity index (χ1) is 15.1. The topological polar surface area (TPSA) is 78.4 Å². The number of hydrogen-bond acceptors (Lipinski definition) is 6. The molecule has 0 aromatic carbocycles. The number of fused-ring (bicyclic) bond motifs is 1. The predicted molar refractivity (Wildman–Crippen MR) is 120 cm³/mol. The third kappa shape index (κ3) is 3.34. The highest BCUT2D eigenvalue weighted by Crippen LogP contribution is 2.53. The summed E-state index contributed by atoms with van der Waals surface area (Å²) >= 11 is 0. The maximum atomic E-state index is 6.04. The molecular weight excluding hydrogens is 390 g/mol. The van der Waals surface area contributed by atoms with Crippen molar-refractivity contribution in [2.75, 3.05) is 32.0 Å². The van der Waals surface area contributed by atoms with Crippen LogP contribution in [-0.2, 0) is 4.74 Å². The fourth-order valence-corrected chi connectivity index (χ4v) is 5.40. The summed E-state index contributed by atoms with van der Waals surface area (Å²) in [5.74, 6) is 1.66. The van der Waals surface area contributed by atoms with E-state index in [-0.39, 0.29) is 6.10 Å². The van der Waals surface area contributed by atoms with Gasteiger partial charge in [-0.15, -0.1) is 0 Å². The van der Waals surface area contributed by atoms with E-state index < -0.39 is 0 Å². The van der Waals surface area contributed by atoms with Gasteiger partial charge in [-0.25, -0.2) is 4.98 Å². The number of nitrogen functional groups attached to an aromatic ring is 1. The number of nitrogens with zero attached hydrogens (tertiary/aromatic N) is 4. The second-order valence-electron chi connectivity index (χ2n) is 9.68. The van der Waals surface area contributed by atoms with Crippen molar-refractivity contribution in [3.8, 4) is 17.0 Å². The Kier molecular flexibility index (Phi) is 4.58. The van der Waals surface area contributed by atoms with Crippen molar-refractivity contribution in [2.45, 2.75) is 57.7 Å². The standard InChI is InChI=1S/C24H31N5O2/c1-14(2)31-22-7-15(9-26-24(22)25)20-8-21(29(27-20)16-5-3-4-6-16)23-18-10-28(11-19(18)23)17-12-30-13-17/h7-9,14,16-18H,3-6,10-13H2,1-2H3,(H2,25,26)/t18-/m1/s1. The molecule has 2 aliphatic heterocycles. The minimum Gasteiger partial charge on any atom is -0.487 e. The van der Waals surface area contributed by atoms with Crippen LogP contribution in [0.2, 0.25) is 0 Å². The largest absolute Gasteiger partial charge is 0.487 e. The molecule has 2 aromatic heterocycles. The van der Waals surface area contributed by atoms with Crippen molar-refractivity contribution in [3.05, 3.63) is 29.6 Å². The van der Waals surface area contributed by atoms with Crippen LogP contribution in [0.25, 0.3) is 16.8 Å². The van der Waals surface area contributed by atoms with E-state index >= 15 is 0 Å². The molecule has 7 heteroatoms. The van der Waals surface area contributed by atoms with Gasteiger partial charge in [0, 0.05) is 30.8 Å². The zero-order valence-corrected chi connectivity index (χ0v) is 18.4. The highest BCUT2D eigenvalue weighted by Gasteiger charge is 2.48. The van der Waals surface area contributed by atoms with Gasteiger partial charge in [0.2, 0.25) is 0 Å². The number of ether oxygens (including phenoxy) is 2. The smallest absolute Gasteiger partial charge is 0.166 e. The van der Waals surface area contributed by atoms with Gasteiger partial charge in [-0.2, -0.15) is 5.10 Å². The van der Waals surface area contributed by atoms with Crippen LogP contribution in [-0.4, -0.2) is 58.1 Å². The van der Waals surface area contributed by atoms with Crippen molar-refractivity contribution >= 4 is 11.4 Å². The molecule has 0 bridgehead atoms. The zero-order valence-electron chi connectivity index (χ0n) is 18.4. The molecule has 0 unspecified atom stereocenters. The first-order valence-electron chi connectivity index (χ1n) is 11.7. The summed E-state index contributed by atoms with van der Waals surface area (Å²) in [6.45, 7) is 8.01. The average Bonchev–Trinajstić information content (AvgIpc) is 3.18. The Labute approximate surface area is 183 Å². The Morgan fingerprint density at radius 3 is 2.61 bits per heavy atom. The Balaban J connectivity index is 1.33. The quantitative estimate of drug-likeness (QED) is 0.769. The molecule has 2 saturated heterocycles. The summed E-state index contributed by atoms with van der Waals surface area (Å²) in [6, 6.07) is 5.37. The molecule has 0 spiro atoms. The third-order valence-corrected chi connectivity index (χ3v) is 7.18. The predicted octanol–water partition coefficient (Wildman–Crippen LogP) is 3.53. The van der Waals surface area contributed by atoms with Crippen molar-refractivity contribution in [1.29, 1.82) is 0 Å². The highest BCUT2D eigenvalue weighted by molar-refractivity contribution is 5.87. The molecule has 164 valence electrons. The first kappa shape index (κ1) is 19.3. The van der Waals surface area contributed by atoms with Crippen LogP contribution >= 0.6 is 0 Å².